The molecular formula is C17H13N3. The maximum Gasteiger partial charge on any atom is 0.148 e. The average molecular weight is 259 g/mol. The van der Waals surface area contributed by atoms with Gasteiger partial charge in [-0.1, -0.05) is 36.4 Å². The van der Waals surface area contributed by atoms with Crippen molar-refractivity contribution in [2.75, 3.05) is 5.32 Å². The van der Waals surface area contributed by atoms with Crippen LogP contribution in [-0.4, -0.2) is 4.98 Å². The predicted molar refractivity (Wildman–Crippen MR) is 80.9 cm³/mol. The van der Waals surface area contributed by atoms with Gasteiger partial charge in [0.05, 0.1) is 5.56 Å². The van der Waals surface area contributed by atoms with Gasteiger partial charge in [-0.3, -0.25) is 0 Å². The highest BCUT2D eigenvalue weighted by Gasteiger charge is 2.06. The maximum absolute atomic E-state index is 9.17. The molecule has 0 fully saturated rings. The summed E-state index contributed by atoms with van der Waals surface area (Å²) in [4.78, 5) is 4.41. The largest absolute Gasteiger partial charge is 0.339 e. The van der Waals surface area contributed by atoms with Crippen molar-refractivity contribution >= 4 is 22.3 Å². The first-order valence-corrected chi connectivity index (χ1v) is 6.40. The number of aryl methyl sites for hydroxylation is 1. The Hall–Kier alpha value is -2.86. The van der Waals surface area contributed by atoms with Crippen molar-refractivity contribution in [2.24, 2.45) is 0 Å². The van der Waals surface area contributed by atoms with Gasteiger partial charge in [0, 0.05) is 16.8 Å². The summed E-state index contributed by atoms with van der Waals surface area (Å²) in [6, 6.07) is 20.0. The summed E-state index contributed by atoms with van der Waals surface area (Å²) in [5, 5.41) is 14.7. The van der Waals surface area contributed by atoms with Crippen LogP contribution in [0.4, 0.5) is 11.5 Å². The lowest BCUT2D eigenvalue weighted by molar-refractivity contribution is 1.19. The second-order valence-corrected chi connectivity index (χ2v) is 4.61. The van der Waals surface area contributed by atoms with E-state index in [9.17, 15) is 5.26 Å². The van der Waals surface area contributed by atoms with Crippen LogP contribution >= 0.6 is 0 Å². The van der Waals surface area contributed by atoms with E-state index in [1.165, 1.54) is 0 Å². The Bertz CT molecular complexity index is 811. The quantitative estimate of drug-likeness (QED) is 0.751. The standard InChI is InChI=1S/C17H13N3/c1-12-9-10-14(11-18)17(19-12)20-16-8-4-6-13-5-2-3-7-15(13)16/h2-10H,1H3,(H,19,20). The number of fused-ring (bicyclic) bond motifs is 1. The Morgan fingerprint density at radius 1 is 1.00 bits per heavy atom. The van der Waals surface area contributed by atoms with E-state index in [1.807, 2.05) is 37.3 Å². The van der Waals surface area contributed by atoms with Crippen LogP contribution in [0, 0.1) is 18.3 Å². The Balaban J connectivity index is 2.10. The van der Waals surface area contributed by atoms with Gasteiger partial charge in [-0.15, -0.1) is 0 Å². The van der Waals surface area contributed by atoms with Gasteiger partial charge < -0.3 is 5.32 Å². The van der Waals surface area contributed by atoms with Crippen LogP contribution in [-0.2, 0) is 0 Å². The molecule has 1 N–H and O–H groups in total. The fourth-order valence-electron chi connectivity index (χ4n) is 2.20. The number of nitrogens with one attached hydrogen (secondary N) is 1. The molecule has 1 heterocycles. The summed E-state index contributed by atoms with van der Waals surface area (Å²) in [6.45, 7) is 1.91. The first-order chi connectivity index (χ1) is 9.78. The van der Waals surface area contributed by atoms with E-state index in [2.05, 4.69) is 34.6 Å². The summed E-state index contributed by atoms with van der Waals surface area (Å²) in [7, 11) is 0. The third-order valence-electron chi connectivity index (χ3n) is 3.20. The van der Waals surface area contributed by atoms with Gasteiger partial charge in [-0.05, 0) is 30.5 Å². The molecule has 1 aromatic heterocycles. The van der Waals surface area contributed by atoms with Crippen molar-refractivity contribution in [1.29, 1.82) is 5.26 Å². The Kier molecular flexibility index (Phi) is 3.06. The topological polar surface area (TPSA) is 48.7 Å². The molecule has 3 aromatic rings. The smallest absolute Gasteiger partial charge is 0.148 e. The van der Waals surface area contributed by atoms with Crippen LogP contribution in [0.1, 0.15) is 11.3 Å². The van der Waals surface area contributed by atoms with Crippen LogP contribution in [0.5, 0.6) is 0 Å². The number of anilines is 2. The minimum atomic E-state index is 0.545. The van der Waals surface area contributed by atoms with E-state index >= 15 is 0 Å². The zero-order valence-corrected chi connectivity index (χ0v) is 11.1. The molecular weight excluding hydrogens is 246 g/mol. The van der Waals surface area contributed by atoms with Crippen LogP contribution in [0.3, 0.4) is 0 Å². The second kappa shape index (κ2) is 5.02. The van der Waals surface area contributed by atoms with Gasteiger partial charge >= 0.3 is 0 Å². The summed E-state index contributed by atoms with van der Waals surface area (Å²) in [6.07, 6.45) is 0. The third-order valence-corrected chi connectivity index (χ3v) is 3.20. The lowest BCUT2D eigenvalue weighted by atomic mass is 10.1. The molecule has 0 radical (unpaired) electrons. The van der Waals surface area contributed by atoms with Gasteiger partial charge in [-0.2, -0.15) is 5.26 Å². The molecule has 0 aliphatic rings. The van der Waals surface area contributed by atoms with E-state index in [1.54, 1.807) is 6.07 Å². The fraction of sp³-hybridized carbons (Fsp3) is 0.0588. The minimum Gasteiger partial charge on any atom is -0.339 e. The summed E-state index contributed by atoms with van der Waals surface area (Å²) >= 11 is 0. The van der Waals surface area contributed by atoms with E-state index in [0.717, 1.165) is 22.2 Å². The van der Waals surface area contributed by atoms with Gasteiger partial charge in [0.1, 0.15) is 11.9 Å². The molecule has 0 spiro atoms. The highest BCUT2D eigenvalue weighted by Crippen LogP contribution is 2.26. The van der Waals surface area contributed by atoms with Crippen molar-refractivity contribution in [3.63, 3.8) is 0 Å². The van der Waals surface area contributed by atoms with Crippen molar-refractivity contribution in [3.05, 3.63) is 65.9 Å². The van der Waals surface area contributed by atoms with E-state index in [0.29, 0.717) is 11.4 Å². The molecule has 96 valence electrons. The Morgan fingerprint density at radius 2 is 1.80 bits per heavy atom. The minimum absolute atomic E-state index is 0.545. The van der Waals surface area contributed by atoms with Crippen LogP contribution in [0.15, 0.2) is 54.6 Å². The molecule has 20 heavy (non-hydrogen) atoms. The molecule has 3 heteroatoms. The van der Waals surface area contributed by atoms with Crippen LogP contribution < -0.4 is 5.32 Å². The average Bonchev–Trinajstić information content (AvgIpc) is 2.48. The van der Waals surface area contributed by atoms with E-state index in [4.69, 9.17) is 0 Å². The molecule has 0 atom stereocenters. The van der Waals surface area contributed by atoms with Gasteiger partial charge in [0.15, 0.2) is 0 Å². The number of nitriles is 1. The van der Waals surface area contributed by atoms with Gasteiger partial charge in [-0.25, -0.2) is 4.98 Å². The second-order valence-electron chi connectivity index (χ2n) is 4.61. The Morgan fingerprint density at radius 3 is 2.65 bits per heavy atom. The molecule has 0 saturated heterocycles. The SMILES string of the molecule is Cc1ccc(C#N)c(Nc2cccc3ccccc23)n1. The van der Waals surface area contributed by atoms with E-state index in [-0.39, 0.29) is 0 Å². The summed E-state index contributed by atoms with van der Waals surface area (Å²) in [5.41, 5.74) is 2.38. The molecule has 0 amide bonds. The zero-order chi connectivity index (χ0) is 13.9. The number of hydrogen-bond acceptors (Lipinski definition) is 3. The molecule has 0 aliphatic heterocycles. The third kappa shape index (κ3) is 2.19. The number of nitrogens with zero attached hydrogens (tertiary/aromatic N) is 2. The van der Waals surface area contributed by atoms with Gasteiger partial charge in [0.25, 0.3) is 0 Å². The molecule has 3 rings (SSSR count). The number of benzene rings is 2. The highest BCUT2D eigenvalue weighted by atomic mass is 15.0. The van der Waals surface area contributed by atoms with Crippen LogP contribution in [0.2, 0.25) is 0 Å². The number of aromatic nitrogens is 1. The maximum atomic E-state index is 9.17. The van der Waals surface area contributed by atoms with Crippen molar-refractivity contribution in [3.8, 4) is 6.07 Å². The lowest BCUT2D eigenvalue weighted by Crippen LogP contribution is -1.98. The molecule has 0 bridgehead atoms. The number of rotatable bonds is 2. The highest BCUT2D eigenvalue weighted by molar-refractivity contribution is 5.95. The first-order valence-electron chi connectivity index (χ1n) is 6.40. The first kappa shape index (κ1) is 12.2. The van der Waals surface area contributed by atoms with Crippen molar-refractivity contribution < 1.29 is 0 Å². The molecule has 0 unspecified atom stereocenters. The van der Waals surface area contributed by atoms with E-state index < -0.39 is 0 Å². The van der Waals surface area contributed by atoms with Crippen molar-refractivity contribution in [1.82, 2.24) is 4.98 Å². The fourth-order valence-corrected chi connectivity index (χ4v) is 2.20. The molecule has 0 aliphatic carbocycles. The number of hydrogen-bond donors (Lipinski definition) is 1. The summed E-state index contributed by atoms with van der Waals surface area (Å²) in [5.74, 6) is 0.601. The normalized spacial score (nSPS) is 10.2. The predicted octanol–water partition coefficient (Wildman–Crippen LogP) is 4.16. The van der Waals surface area contributed by atoms with Crippen LogP contribution in [0.25, 0.3) is 10.8 Å². The monoisotopic (exact) mass is 259 g/mol. The van der Waals surface area contributed by atoms with Crippen molar-refractivity contribution in [2.45, 2.75) is 6.92 Å². The molecule has 3 nitrogen and oxygen atoms in total. The molecule has 2 aromatic carbocycles. The van der Waals surface area contributed by atoms with Gasteiger partial charge in [0.2, 0.25) is 0 Å². The zero-order valence-electron chi connectivity index (χ0n) is 11.1. The lowest BCUT2D eigenvalue weighted by Gasteiger charge is -2.10. The summed E-state index contributed by atoms with van der Waals surface area (Å²) < 4.78 is 0. The number of pyridine rings is 1. The Labute approximate surface area is 117 Å². The molecule has 0 saturated carbocycles.